The SMILES string of the molecule is O=C(NCc1ccc(F)cc1)NCC1(c2ccc3c(c2)OCCO3)CCCC1. The third kappa shape index (κ3) is 4.06. The molecule has 2 amide bonds. The first-order valence-corrected chi connectivity index (χ1v) is 9.81. The number of benzene rings is 2. The standard InChI is InChI=1S/C22H25FN2O3/c23-18-6-3-16(4-7-18)14-24-21(26)25-15-22(9-1-2-10-22)17-5-8-19-20(13-17)28-12-11-27-19/h3-8,13H,1-2,9-12,14-15H2,(H2,24,25,26). The number of ether oxygens (including phenoxy) is 2. The quantitative estimate of drug-likeness (QED) is 0.822. The second-order valence-corrected chi connectivity index (χ2v) is 7.51. The average molecular weight is 384 g/mol. The van der Waals surface area contributed by atoms with Crippen LogP contribution < -0.4 is 20.1 Å². The molecule has 0 atom stereocenters. The van der Waals surface area contributed by atoms with Gasteiger partial charge in [-0.15, -0.1) is 0 Å². The van der Waals surface area contributed by atoms with Crippen LogP contribution in [-0.4, -0.2) is 25.8 Å². The number of carbonyl (C=O) groups is 1. The number of urea groups is 1. The maximum atomic E-state index is 13.0. The second kappa shape index (κ2) is 8.09. The van der Waals surface area contributed by atoms with E-state index in [-0.39, 0.29) is 17.3 Å². The van der Waals surface area contributed by atoms with E-state index in [1.165, 1.54) is 17.7 Å². The third-order valence-electron chi connectivity index (χ3n) is 5.67. The summed E-state index contributed by atoms with van der Waals surface area (Å²) < 4.78 is 24.3. The smallest absolute Gasteiger partial charge is 0.315 e. The number of hydrogen-bond donors (Lipinski definition) is 2. The van der Waals surface area contributed by atoms with E-state index in [1.807, 2.05) is 6.07 Å². The highest BCUT2D eigenvalue weighted by molar-refractivity contribution is 5.74. The van der Waals surface area contributed by atoms with Gasteiger partial charge in [-0.05, 0) is 48.2 Å². The molecule has 2 aliphatic rings. The minimum Gasteiger partial charge on any atom is -0.486 e. The molecule has 2 N–H and O–H groups in total. The Morgan fingerprint density at radius 3 is 2.43 bits per heavy atom. The van der Waals surface area contributed by atoms with Crippen LogP contribution in [0.15, 0.2) is 42.5 Å². The van der Waals surface area contributed by atoms with Crippen LogP contribution in [0.5, 0.6) is 11.5 Å². The number of hydrogen-bond acceptors (Lipinski definition) is 3. The highest BCUT2D eigenvalue weighted by Gasteiger charge is 2.36. The molecule has 1 heterocycles. The van der Waals surface area contributed by atoms with Crippen LogP contribution in [0.3, 0.4) is 0 Å². The van der Waals surface area contributed by atoms with E-state index in [1.54, 1.807) is 12.1 Å². The van der Waals surface area contributed by atoms with Crippen LogP contribution in [0.1, 0.15) is 36.8 Å². The van der Waals surface area contributed by atoms with Crippen LogP contribution in [0.4, 0.5) is 9.18 Å². The van der Waals surface area contributed by atoms with Gasteiger partial charge in [-0.25, -0.2) is 9.18 Å². The van der Waals surface area contributed by atoms with Crippen LogP contribution in [-0.2, 0) is 12.0 Å². The summed E-state index contributed by atoms with van der Waals surface area (Å²) in [7, 11) is 0. The van der Waals surface area contributed by atoms with Gasteiger partial charge in [0.2, 0.25) is 0 Å². The van der Waals surface area contributed by atoms with Crippen LogP contribution in [0.2, 0.25) is 0 Å². The van der Waals surface area contributed by atoms with E-state index in [9.17, 15) is 9.18 Å². The molecule has 2 aromatic carbocycles. The van der Waals surface area contributed by atoms with Gasteiger partial charge in [0, 0.05) is 18.5 Å². The maximum absolute atomic E-state index is 13.0. The number of nitrogens with one attached hydrogen (secondary N) is 2. The van der Waals surface area contributed by atoms with Gasteiger partial charge in [0.15, 0.2) is 11.5 Å². The predicted octanol–water partition coefficient (Wildman–Crippen LogP) is 3.91. The molecule has 5 nitrogen and oxygen atoms in total. The molecule has 1 aliphatic heterocycles. The normalized spacial score (nSPS) is 17.2. The summed E-state index contributed by atoms with van der Waals surface area (Å²) in [6.07, 6.45) is 4.36. The van der Waals surface area contributed by atoms with Crippen molar-refractivity contribution >= 4 is 6.03 Å². The first kappa shape index (κ1) is 18.6. The summed E-state index contributed by atoms with van der Waals surface area (Å²) in [5, 5.41) is 5.87. The first-order valence-electron chi connectivity index (χ1n) is 9.81. The minimum atomic E-state index is -0.282. The van der Waals surface area contributed by atoms with Crippen molar-refractivity contribution in [3.05, 3.63) is 59.4 Å². The van der Waals surface area contributed by atoms with Gasteiger partial charge in [-0.1, -0.05) is 31.0 Å². The Morgan fingerprint density at radius 2 is 1.68 bits per heavy atom. The van der Waals surface area contributed by atoms with E-state index in [2.05, 4.69) is 22.8 Å². The van der Waals surface area contributed by atoms with E-state index in [4.69, 9.17) is 9.47 Å². The van der Waals surface area contributed by atoms with Crippen molar-refractivity contribution in [2.75, 3.05) is 19.8 Å². The highest BCUT2D eigenvalue weighted by Crippen LogP contribution is 2.43. The van der Waals surface area contributed by atoms with Crippen molar-refractivity contribution in [2.45, 2.75) is 37.6 Å². The average Bonchev–Trinajstić information content (AvgIpc) is 3.22. The molecule has 2 aromatic rings. The van der Waals surface area contributed by atoms with Crippen molar-refractivity contribution in [3.8, 4) is 11.5 Å². The summed E-state index contributed by atoms with van der Waals surface area (Å²) in [6, 6.07) is 12.0. The monoisotopic (exact) mass is 384 g/mol. The largest absolute Gasteiger partial charge is 0.486 e. The predicted molar refractivity (Wildman–Crippen MR) is 104 cm³/mol. The molecule has 0 radical (unpaired) electrons. The van der Waals surface area contributed by atoms with Gasteiger partial charge in [-0.3, -0.25) is 0 Å². The Labute approximate surface area is 164 Å². The molecule has 0 unspecified atom stereocenters. The van der Waals surface area contributed by atoms with Gasteiger partial charge < -0.3 is 20.1 Å². The number of fused-ring (bicyclic) bond motifs is 1. The first-order chi connectivity index (χ1) is 13.6. The number of halogens is 1. The highest BCUT2D eigenvalue weighted by atomic mass is 19.1. The Hall–Kier alpha value is -2.76. The Balaban J connectivity index is 1.39. The van der Waals surface area contributed by atoms with Gasteiger partial charge in [0.05, 0.1) is 0 Å². The summed E-state index contributed by atoms with van der Waals surface area (Å²) in [6.45, 7) is 2.08. The zero-order chi connectivity index (χ0) is 19.4. The summed E-state index contributed by atoms with van der Waals surface area (Å²) >= 11 is 0. The molecule has 1 fully saturated rings. The molecule has 148 valence electrons. The van der Waals surface area contributed by atoms with Gasteiger partial charge in [0.25, 0.3) is 0 Å². The molecule has 6 heteroatoms. The molecular weight excluding hydrogens is 359 g/mol. The summed E-state index contributed by atoms with van der Waals surface area (Å²) in [4.78, 5) is 12.3. The third-order valence-corrected chi connectivity index (χ3v) is 5.67. The Morgan fingerprint density at radius 1 is 0.964 bits per heavy atom. The topological polar surface area (TPSA) is 59.6 Å². The summed E-state index contributed by atoms with van der Waals surface area (Å²) in [5.41, 5.74) is 1.97. The Bertz CT molecular complexity index is 832. The summed E-state index contributed by atoms with van der Waals surface area (Å²) in [5.74, 6) is 1.29. The lowest BCUT2D eigenvalue weighted by atomic mass is 9.78. The number of amides is 2. The molecule has 0 bridgehead atoms. The fourth-order valence-electron chi connectivity index (χ4n) is 4.09. The van der Waals surface area contributed by atoms with Crippen LogP contribution in [0, 0.1) is 5.82 Å². The zero-order valence-corrected chi connectivity index (χ0v) is 15.8. The molecule has 0 aromatic heterocycles. The molecule has 4 rings (SSSR count). The van der Waals surface area contributed by atoms with E-state index in [0.717, 1.165) is 42.7 Å². The van der Waals surface area contributed by atoms with Crippen molar-refractivity contribution in [3.63, 3.8) is 0 Å². The lowest BCUT2D eigenvalue weighted by molar-refractivity contribution is 0.171. The Kier molecular flexibility index (Phi) is 5.37. The molecule has 0 saturated heterocycles. The fourth-order valence-corrected chi connectivity index (χ4v) is 4.09. The number of rotatable bonds is 5. The molecule has 1 aliphatic carbocycles. The van der Waals surface area contributed by atoms with Crippen molar-refractivity contribution < 1.29 is 18.7 Å². The van der Waals surface area contributed by atoms with Crippen LogP contribution in [0.25, 0.3) is 0 Å². The fraction of sp³-hybridized carbons (Fsp3) is 0.409. The molecule has 1 saturated carbocycles. The lowest BCUT2D eigenvalue weighted by Gasteiger charge is -2.31. The minimum absolute atomic E-state index is 0.0803. The number of carbonyl (C=O) groups excluding carboxylic acids is 1. The van der Waals surface area contributed by atoms with Gasteiger partial charge in [-0.2, -0.15) is 0 Å². The second-order valence-electron chi connectivity index (χ2n) is 7.51. The van der Waals surface area contributed by atoms with Crippen molar-refractivity contribution in [1.82, 2.24) is 10.6 Å². The van der Waals surface area contributed by atoms with Gasteiger partial charge in [0.1, 0.15) is 19.0 Å². The van der Waals surface area contributed by atoms with Gasteiger partial charge >= 0.3 is 6.03 Å². The maximum Gasteiger partial charge on any atom is 0.315 e. The molecular formula is C22H25FN2O3. The van der Waals surface area contributed by atoms with E-state index < -0.39 is 0 Å². The lowest BCUT2D eigenvalue weighted by Crippen LogP contribution is -2.43. The molecule has 28 heavy (non-hydrogen) atoms. The van der Waals surface area contributed by atoms with Crippen LogP contribution >= 0.6 is 0 Å². The van der Waals surface area contributed by atoms with E-state index >= 15 is 0 Å². The molecule has 0 spiro atoms. The van der Waals surface area contributed by atoms with Crippen molar-refractivity contribution in [1.29, 1.82) is 0 Å². The van der Waals surface area contributed by atoms with E-state index in [0.29, 0.717) is 26.3 Å². The van der Waals surface area contributed by atoms with Crippen molar-refractivity contribution in [2.24, 2.45) is 0 Å². The zero-order valence-electron chi connectivity index (χ0n) is 15.8.